The summed E-state index contributed by atoms with van der Waals surface area (Å²) in [6.45, 7) is -5.56. The molecule has 0 saturated carbocycles. The van der Waals surface area contributed by atoms with E-state index in [-0.39, 0.29) is 42.3 Å². The Hall–Kier alpha value is -3.94. The molecule has 0 aromatic heterocycles. The number of amides is 2. The molecule has 37 N–H and O–H groups in total. The van der Waals surface area contributed by atoms with E-state index < -0.39 is 420 Å². The van der Waals surface area contributed by atoms with Crippen molar-refractivity contribution >= 4 is 23.8 Å². The Balaban J connectivity index is 0.000000338. The number of quaternary nitrogens is 1. The quantitative estimate of drug-likeness (QED) is 0.0275. The molecule has 10 saturated heterocycles. The molecule has 19 unspecified atom stereocenters. The second kappa shape index (κ2) is 52.8. The average molecular weight is 2040 g/mol. The normalized spacial score (nSPS) is 45.7. The van der Waals surface area contributed by atoms with Gasteiger partial charge in [-0.15, -0.1) is 0 Å². The molecule has 11 rings (SSSR count). The third-order valence-corrected chi connectivity index (χ3v) is 25.4. The summed E-state index contributed by atoms with van der Waals surface area (Å²) in [5.74, 6) is -14.3. The Bertz CT molecular complexity index is 3880. The minimum absolute atomic E-state index is 0. The van der Waals surface area contributed by atoms with Gasteiger partial charge >= 0.3 is 29.6 Å². The number of aliphatic hydroxyl groups excluding tert-OH is 31. The van der Waals surface area contributed by atoms with Gasteiger partial charge in [-0.2, -0.15) is 0 Å². The van der Waals surface area contributed by atoms with Gasteiger partial charge in [0.15, 0.2) is 50.3 Å². The number of aliphatic carboxylic acids is 2. The van der Waals surface area contributed by atoms with Crippen molar-refractivity contribution in [1.82, 2.24) is 16.8 Å². The molecular formula is C79H130N3NaO56. The third kappa shape index (κ3) is 27.2. The van der Waals surface area contributed by atoms with E-state index in [1.54, 1.807) is 30.3 Å². The number of aliphatic hydroxyl groups is 31. The van der Waals surface area contributed by atoms with Gasteiger partial charge in [-0.1, -0.05) is 44.2 Å². The molecule has 139 heavy (non-hydrogen) atoms. The van der Waals surface area contributed by atoms with Gasteiger partial charge in [-0.3, -0.25) is 9.59 Å². The number of nitrogens with one attached hydrogen (secondary N) is 2. The first-order valence-corrected chi connectivity index (χ1v) is 43.6. The summed E-state index contributed by atoms with van der Waals surface area (Å²) in [7, 11) is 0. The van der Waals surface area contributed by atoms with Crippen molar-refractivity contribution in [2.45, 2.75) is 353 Å². The number of benzene rings is 1. The Kier molecular flexibility index (Phi) is 45.7. The summed E-state index contributed by atoms with van der Waals surface area (Å²) < 4.78 is 108. The molecule has 52 atom stereocenters. The van der Waals surface area contributed by atoms with Crippen LogP contribution in [0.1, 0.15) is 46.1 Å². The van der Waals surface area contributed by atoms with E-state index in [9.17, 15) is 188 Å². The molecule has 0 bridgehead atoms. The Morgan fingerprint density at radius 3 is 1.02 bits per heavy atom. The Morgan fingerprint density at radius 2 is 0.676 bits per heavy atom. The van der Waals surface area contributed by atoms with Crippen LogP contribution in [0.5, 0.6) is 0 Å². The maximum absolute atomic E-state index is 12.9. The van der Waals surface area contributed by atoms with Gasteiger partial charge in [-0.05, 0) is 5.56 Å². The van der Waals surface area contributed by atoms with Gasteiger partial charge in [0, 0.05) is 38.5 Å². The van der Waals surface area contributed by atoms with E-state index in [2.05, 4.69) is 10.6 Å². The number of carbonyl (C=O) groups excluding carboxylic acids is 4. The van der Waals surface area contributed by atoms with Crippen molar-refractivity contribution in [3.8, 4) is 0 Å². The zero-order valence-electron chi connectivity index (χ0n) is 75.5. The molecule has 1 aromatic rings. The van der Waals surface area contributed by atoms with Gasteiger partial charge in [0.05, 0.1) is 97.1 Å². The van der Waals surface area contributed by atoms with E-state index in [0.717, 1.165) is 13.8 Å². The zero-order valence-corrected chi connectivity index (χ0v) is 77.5. The van der Waals surface area contributed by atoms with Crippen LogP contribution in [0.4, 0.5) is 0 Å². The van der Waals surface area contributed by atoms with Crippen LogP contribution in [0.15, 0.2) is 30.3 Å². The topological polar surface area (TPSA) is 977 Å². The molecule has 0 spiro atoms. The van der Waals surface area contributed by atoms with E-state index in [0.29, 0.717) is 5.56 Å². The van der Waals surface area contributed by atoms with E-state index in [1.165, 1.54) is 13.8 Å². The number of ether oxygens (including phenoxy) is 19. The second-order valence-corrected chi connectivity index (χ2v) is 34.8. The van der Waals surface area contributed by atoms with Crippen LogP contribution >= 0.6 is 0 Å². The van der Waals surface area contributed by atoms with Crippen LogP contribution < -0.4 is 56.6 Å². The molecule has 2 amide bonds. The molecule has 798 valence electrons. The van der Waals surface area contributed by atoms with Gasteiger partial charge in [-0.25, -0.2) is 0 Å². The molecular weight excluding hydrogens is 1910 g/mol. The van der Waals surface area contributed by atoms with Crippen molar-refractivity contribution in [2.24, 2.45) is 11.8 Å². The minimum atomic E-state index is -3.01. The first-order valence-electron chi connectivity index (χ1n) is 43.6. The minimum Gasteiger partial charge on any atom is -0.544 e. The van der Waals surface area contributed by atoms with Crippen LogP contribution in [0.2, 0.25) is 0 Å². The van der Waals surface area contributed by atoms with Crippen LogP contribution in [-0.4, -0.2) is 554 Å². The summed E-state index contributed by atoms with van der Waals surface area (Å²) in [5.41, 5.74) is 0.669. The number of hydrogen-bond donors (Lipinski definition) is 34. The number of carbonyl (C=O) groups is 4. The van der Waals surface area contributed by atoms with Crippen LogP contribution in [0.25, 0.3) is 0 Å². The summed E-state index contributed by atoms with van der Waals surface area (Å²) in [4.78, 5) is 51.1. The van der Waals surface area contributed by atoms with Crippen molar-refractivity contribution in [3.63, 3.8) is 0 Å². The van der Waals surface area contributed by atoms with Crippen molar-refractivity contribution in [3.05, 3.63) is 35.9 Å². The fourth-order valence-electron chi connectivity index (χ4n) is 17.3. The van der Waals surface area contributed by atoms with E-state index in [1.807, 2.05) is 0 Å². The molecule has 0 radical (unpaired) electrons. The Morgan fingerprint density at radius 1 is 0.374 bits per heavy atom. The maximum atomic E-state index is 12.9. The molecule has 0 aliphatic carbocycles. The summed E-state index contributed by atoms with van der Waals surface area (Å²) in [6, 6.07) is 4.92. The van der Waals surface area contributed by atoms with Crippen molar-refractivity contribution in [1.29, 1.82) is 0 Å². The SMILES string of the molecule is CC(=O)NC1[C@H](O[C@@H]2C(O)[C@H](O[C@@H]3C(CO)OC(O)C(O)[C@H]3O)OC(CO)[C@@H]2O)OC(CO[C@]2(C(=O)[O-])C[C@@H](O)[C@@H](C)C([C@H](O)[C@H](O)CO)O2)[C@@H](O)[C@@H]1O[C@@H]1OC(CO)[C@H](O)[C@H](O)C1O.CC(=O)NC1[C@H](O[C@@H]2C(O)[C@H](O[C@@H]3C(CO)O[C@@H](OCc4ccccc4)C(O)[C@H]3O)OC(CO)[C@@H]2O)OC(CO[C@]2(C(=O)[O-])C[C@@H](O)[C@@H](C)C([C@H](O)[C@H](O)CO)O2)[C@@H](O)[C@@H]1O[C@@H]1OC(CO)[C@H](O)[C@H](O)C1O.[NH4+].[Na+]. The van der Waals surface area contributed by atoms with Gasteiger partial charge in [0.2, 0.25) is 23.4 Å². The fourth-order valence-corrected chi connectivity index (χ4v) is 17.3. The summed E-state index contributed by atoms with van der Waals surface area (Å²) in [6.07, 6.45) is -90.6. The van der Waals surface area contributed by atoms with Crippen LogP contribution in [-0.2, 0) is 116 Å². The number of rotatable bonds is 37. The maximum Gasteiger partial charge on any atom is 1.00 e. The standard InChI is InChI=1S/C43H67NO28.C36H61NO28.H3N.Na/c1-15-18(50)8-43(42(61)62,72-34(15)25(52)19(51)9-45)64-14-23-28(55)36(70-40-31(58)29(56)26(53)20(10-46)65-40)24(44-16(2)49)38(68-23)71-37-27(54)21(11-47)66-41(33(37)60)69-35-22(12-48)67-39(32(59)30(35)57)63-13-17-6-4-3-5-7-17;1-9-11(43)3-36(35(55)56,65-27(9)18(45)12(44)4-38)57-8-16-21(48)29(63-33-25(52)22(49)19(46)13(5-39)59-33)17(37-10(2)42)32(61-16)64-30-20(47)14(6-40)60-34(26(30)53)62-28-15(7-41)58-31(54)24(51)23(28)50;;/h3-7,15,18-41,45-48,50-60H,8-14H2,1-2H3,(H,44,49)(H,61,62);9,11-34,38-41,43-54H,3-8H2,1-2H3,(H,37,42)(H,55,56);1H3;/q;;;+1/p-1/t15-,18-,19-,20?,21?,22?,23?,24?,25-,26+,27+,28-,29+,30-,31?,32?,33?,34?,35-,36-,37+,38+,39-,40+,41+,43-;9-,11-,12-,13?,14?,15?,16?,17?,18-,19+,20+,21-,22+,23-,24?,25?,26?,27?,28-,29-,30+,31?,32+,33+,34+,36-;;/m11../s1. The van der Waals surface area contributed by atoms with Crippen LogP contribution in [0.3, 0.4) is 0 Å². The van der Waals surface area contributed by atoms with Crippen molar-refractivity contribution < 1.29 is 307 Å². The largest absolute Gasteiger partial charge is 1.00 e. The number of carboxylic acids is 2. The number of hydrogen-bond acceptors (Lipinski definition) is 56. The molecule has 1 aromatic carbocycles. The molecule has 59 nitrogen and oxygen atoms in total. The summed E-state index contributed by atoms with van der Waals surface area (Å²) >= 11 is 0. The van der Waals surface area contributed by atoms with E-state index in [4.69, 9.17) is 90.0 Å². The zero-order chi connectivity index (χ0) is 101. The van der Waals surface area contributed by atoms with Gasteiger partial charge < -0.3 is 285 Å². The van der Waals surface area contributed by atoms with Gasteiger partial charge in [0.25, 0.3) is 0 Å². The molecule has 60 heteroatoms. The second-order valence-electron chi connectivity index (χ2n) is 34.8. The van der Waals surface area contributed by atoms with Crippen LogP contribution in [0, 0.1) is 11.8 Å². The first kappa shape index (κ1) is 120. The fraction of sp³-hybridized carbons (Fsp3) is 0.873. The summed E-state index contributed by atoms with van der Waals surface area (Å²) in [5, 5.41) is 360. The molecule has 10 aliphatic rings. The average Bonchev–Trinajstić information content (AvgIpc) is 0.771. The predicted octanol–water partition coefficient (Wildman–Crippen LogP) is -25.7. The van der Waals surface area contributed by atoms with Gasteiger partial charge in [0.1, 0.15) is 232 Å². The van der Waals surface area contributed by atoms with E-state index >= 15 is 0 Å². The molecule has 10 heterocycles. The first-order chi connectivity index (χ1) is 64.7. The molecule has 10 aliphatic heterocycles. The smallest absolute Gasteiger partial charge is 0.544 e. The Labute approximate surface area is 811 Å². The predicted molar refractivity (Wildman–Crippen MR) is 427 cm³/mol. The number of carboxylic acid groups (broad SMARTS) is 2. The molecule has 10 fully saturated rings. The monoisotopic (exact) mass is 2040 g/mol. The van der Waals surface area contributed by atoms with Crippen molar-refractivity contribution in [2.75, 3.05) is 66.1 Å². The third-order valence-electron chi connectivity index (χ3n) is 25.4.